The SMILES string of the molecule is CC1CCCN(CC(F)(F)F)C1=O. The minimum Gasteiger partial charge on any atom is -0.333 e. The second-order valence-electron chi connectivity index (χ2n) is 3.42. The molecule has 0 aliphatic carbocycles. The van der Waals surface area contributed by atoms with Crippen LogP contribution in [0.5, 0.6) is 0 Å². The first-order valence-electron chi connectivity index (χ1n) is 4.25. The number of carbonyl (C=O) groups is 1. The van der Waals surface area contributed by atoms with E-state index in [1.165, 1.54) is 0 Å². The average Bonchev–Trinajstić information content (AvgIpc) is 1.96. The van der Waals surface area contributed by atoms with E-state index in [2.05, 4.69) is 0 Å². The summed E-state index contributed by atoms with van der Waals surface area (Å²) >= 11 is 0. The monoisotopic (exact) mass is 195 g/mol. The summed E-state index contributed by atoms with van der Waals surface area (Å²) in [5.41, 5.74) is 0. The number of piperidine rings is 1. The molecular weight excluding hydrogens is 183 g/mol. The van der Waals surface area contributed by atoms with Gasteiger partial charge in [0.2, 0.25) is 5.91 Å². The van der Waals surface area contributed by atoms with Crippen molar-refractivity contribution >= 4 is 5.91 Å². The summed E-state index contributed by atoms with van der Waals surface area (Å²) in [6.45, 7) is 0.809. The van der Waals surface area contributed by atoms with Crippen molar-refractivity contribution in [3.05, 3.63) is 0 Å². The van der Waals surface area contributed by atoms with E-state index >= 15 is 0 Å². The third-order valence-electron chi connectivity index (χ3n) is 2.17. The summed E-state index contributed by atoms with van der Waals surface area (Å²) in [7, 11) is 0. The smallest absolute Gasteiger partial charge is 0.333 e. The Hall–Kier alpha value is -0.740. The van der Waals surface area contributed by atoms with Crippen molar-refractivity contribution in [1.29, 1.82) is 0 Å². The molecule has 0 bridgehead atoms. The molecule has 1 fully saturated rings. The van der Waals surface area contributed by atoms with Gasteiger partial charge in [-0.25, -0.2) is 0 Å². The van der Waals surface area contributed by atoms with Gasteiger partial charge in [0.25, 0.3) is 0 Å². The Balaban J connectivity index is 2.54. The average molecular weight is 195 g/mol. The molecule has 1 aliphatic rings. The van der Waals surface area contributed by atoms with Gasteiger partial charge in [-0.1, -0.05) is 6.92 Å². The number of carbonyl (C=O) groups excluding carboxylic acids is 1. The van der Waals surface area contributed by atoms with E-state index < -0.39 is 12.7 Å². The first-order chi connectivity index (χ1) is 5.90. The first kappa shape index (κ1) is 10.3. The summed E-state index contributed by atoms with van der Waals surface area (Å²) in [5, 5.41) is 0. The molecule has 76 valence electrons. The van der Waals surface area contributed by atoms with Gasteiger partial charge in [0.15, 0.2) is 0 Å². The number of rotatable bonds is 1. The Labute approximate surface area is 74.7 Å². The topological polar surface area (TPSA) is 20.3 Å². The predicted molar refractivity (Wildman–Crippen MR) is 41.0 cm³/mol. The zero-order valence-corrected chi connectivity index (χ0v) is 7.40. The van der Waals surface area contributed by atoms with Gasteiger partial charge in [-0.15, -0.1) is 0 Å². The Morgan fingerprint density at radius 1 is 1.54 bits per heavy atom. The molecule has 1 saturated heterocycles. The number of nitrogens with zero attached hydrogens (tertiary/aromatic N) is 1. The van der Waals surface area contributed by atoms with Crippen LogP contribution in [0.4, 0.5) is 13.2 Å². The maximum Gasteiger partial charge on any atom is 0.406 e. The van der Waals surface area contributed by atoms with Crippen LogP contribution in [0.2, 0.25) is 0 Å². The molecule has 0 saturated carbocycles. The van der Waals surface area contributed by atoms with Crippen molar-refractivity contribution in [3.8, 4) is 0 Å². The van der Waals surface area contributed by atoms with E-state index in [-0.39, 0.29) is 18.4 Å². The molecule has 1 heterocycles. The highest BCUT2D eigenvalue weighted by Gasteiger charge is 2.35. The molecule has 5 heteroatoms. The molecule has 0 aromatic rings. The van der Waals surface area contributed by atoms with Crippen molar-refractivity contribution in [1.82, 2.24) is 4.90 Å². The largest absolute Gasteiger partial charge is 0.406 e. The Kier molecular flexibility index (Phi) is 2.83. The lowest BCUT2D eigenvalue weighted by molar-refractivity contribution is -0.166. The quantitative estimate of drug-likeness (QED) is 0.624. The molecule has 0 aromatic carbocycles. The highest BCUT2D eigenvalue weighted by Crippen LogP contribution is 2.22. The van der Waals surface area contributed by atoms with Crippen LogP contribution in [-0.4, -0.2) is 30.1 Å². The number of alkyl halides is 3. The summed E-state index contributed by atoms with van der Waals surface area (Å²) in [6.07, 6.45) is -2.90. The predicted octanol–water partition coefficient (Wildman–Crippen LogP) is 1.81. The van der Waals surface area contributed by atoms with Gasteiger partial charge in [-0.2, -0.15) is 13.2 Å². The lowest BCUT2D eigenvalue weighted by atomic mass is 9.99. The molecule has 1 atom stereocenters. The lowest BCUT2D eigenvalue weighted by Crippen LogP contribution is -2.45. The number of hydrogen-bond donors (Lipinski definition) is 0. The highest BCUT2D eigenvalue weighted by atomic mass is 19.4. The molecule has 0 aromatic heterocycles. The van der Waals surface area contributed by atoms with Crippen LogP contribution in [0, 0.1) is 5.92 Å². The molecule has 2 nitrogen and oxygen atoms in total. The van der Waals surface area contributed by atoms with Crippen LogP contribution in [0.1, 0.15) is 19.8 Å². The first-order valence-corrected chi connectivity index (χ1v) is 4.25. The van der Waals surface area contributed by atoms with E-state index in [4.69, 9.17) is 0 Å². The minimum absolute atomic E-state index is 0.239. The van der Waals surface area contributed by atoms with Crippen LogP contribution < -0.4 is 0 Å². The van der Waals surface area contributed by atoms with E-state index in [1.54, 1.807) is 6.92 Å². The fourth-order valence-electron chi connectivity index (χ4n) is 1.51. The second kappa shape index (κ2) is 3.55. The van der Waals surface area contributed by atoms with Gasteiger partial charge < -0.3 is 4.90 Å². The van der Waals surface area contributed by atoms with Gasteiger partial charge in [-0.05, 0) is 12.8 Å². The molecule has 0 spiro atoms. The summed E-state index contributed by atoms with van der Waals surface area (Å²) in [5.74, 6) is -0.625. The molecule has 1 unspecified atom stereocenters. The van der Waals surface area contributed by atoms with Gasteiger partial charge >= 0.3 is 6.18 Å². The standard InChI is InChI=1S/C8H12F3NO/c1-6-3-2-4-12(7(6)13)5-8(9,10)11/h6H,2-5H2,1H3. The summed E-state index contributed by atoms with van der Waals surface area (Å²) in [6, 6.07) is 0. The van der Waals surface area contributed by atoms with E-state index in [0.717, 1.165) is 4.90 Å². The highest BCUT2D eigenvalue weighted by molar-refractivity contribution is 5.79. The van der Waals surface area contributed by atoms with Gasteiger partial charge in [0, 0.05) is 12.5 Å². The molecule has 0 radical (unpaired) electrons. The molecule has 1 aliphatic heterocycles. The Bertz CT molecular complexity index is 202. The zero-order valence-electron chi connectivity index (χ0n) is 7.40. The normalized spacial score (nSPS) is 25.1. The van der Waals surface area contributed by atoms with Gasteiger partial charge in [0.1, 0.15) is 6.54 Å². The minimum atomic E-state index is -4.27. The van der Waals surface area contributed by atoms with Crippen molar-refractivity contribution in [2.75, 3.05) is 13.1 Å². The summed E-state index contributed by atoms with van der Waals surface area (Å²) in [4.78, 5) is 12.1. The maximum atomic E-state index is 11.9. The Morgan fingerprint density at radius 2 is 2.15 bits per heavy atom. The Morgan fingerprint density at radius 3 is 2.69 bits per heavy atom. The van der Waals surface area contributed by atoms with Crippen molar-refractivity contribution in [2.24, 2.45) is 5.92 Å². The van der Waals surface area contributed by atoms with Gasteiger partial charge in [0.05, 0.1) is 0 Å². The summed E-state index contributed by atoms with van der Waals surface area (Å²) < 4.78 is 35.8. The fraction of sp³-hybridized carbons (Fsp3) is 0.875. The maximum absolute atomic E-state index is 11.9. The van der Waals surface area contributed by atoms with Crippen LogP contribution in [-0.2, 0) is 4.79 Å². The van der Waals surface area contributed by atoms with Crippen molar-refractivity contribution in [3.63, 3.8) is 0 Å². The van der Waals surface area contributed by atoms with Crippen LogP contribution in [0.25, 0.3) is 0 Å². The fourth-order valence-corrected chi connectivity index (χ4v) is 1.51. The molecule has 1 rings (SSSR count). The number of likely N-dealkylation sites (tertiary alicyclic amines) is 1. The van der Waals surface area contributed by atoms with Gasteiger partial charge in [-0.3, -0.25) is 4.79 Å². The number of amides is 1. The van der Waals surface area contributed by atoms with Crippen molar-refractivity contribution < 1.29 is 18.0 Å². The van der Waals surface area contributed by atoms with Crippen LogP contribution in [0.15, 0.2) is 0 Å². The molecular formula is C8H12F3NO. The third-order valence-corrected chi connectivity index (χ3v) is 2.17. The van der Waals surface area contributed by atoms with E-state index in [9.17, 15) is 18.0 Å². The lowest BCUT2D eigenvalue weighted by Gasteiger charge is -2.31. The zero-order chi connectivity index (χ0) is 10.1. The van der Waals surface area contributed by atoms with Crippen LogP contribution >= 0.6 is 0 Å². The van der Waals surface area contributed by atoms with E-state index in [1.807, 2.05) is 0 Å². The van der Waals surface area contributed by atoms with Crippen LogP contribution in [0.3, 0.4) is 0 Å². The molecule has 0 N–H and O–H groups in total. The van der Waals surface area contributed by atoms with E-state index in [0.29, 0.717) is 12.8 Å². The third kappa shape index (κ3) is 2.90. The molecule has 1 amide bonds. The number of halogens is 3. The molecule has 13 heavy (non-hydrogen) atoms. The van der Waals surface area contributed by atoms with Crippen molar-refractivity contribution in [2.45, 2.75) is 25.9 Å². The second-order valence-corrected chi connectivity index (χ2v) is 3.42. The number of hydrogen-bond acceptors (Lipinski definition) is 1.